The SMILES string of the molecule is CC(C)Cn1cnc2c1c(=O)n(CCOc1ccc(F)cc1)c(=O)n2Cc1ccccc1. The van der Waals surface area contributed by atoms with Gasteiger partial charge in [-0.05, 0) is 35.7 Å². The lowest BCUT2D eigenvalue weighted by atomic mass is 10.2. The zero-order valence-corrected chi connectivity index (χ0v) is 18.1. The van der Waals surface area contributed by atoms with Gasteiger partial charge in [0.05, 0.1) is 19.4 Å². The monoisotopic (exact) mass is 436 g/mol. The van der Waals surface area contributed by atoms with Crippen LogP contribution in [0.4, 0.5) is 4.39 Å². The van der Waals surface area contributed by atoms with E-state index in [9.17, 15) is 14.0 Å². The lowest BCUT2D eigenvalue weighted by Crippen LogP contribution is -2.42. The molecule has 8 heteroatoms. The molecular formula is C24H25FN4O3. The topological polar surface area (TPSA) is 71.1 Å². The molecule has 0 aliphatic rings. The number of ether oxygens (including phenoxy) is 1. The smallest absolute Gasteiger partial charge is 0.333 e. The van der Waals surface area contributed by atoms with E-state index in [1.807, 2.05) is 30.3 Å². The normalized spacial score (nSPS) is 11.4. The first-order chi connectivity index (χ1) is 15.4. The molecule has 0 saturated heterocycles. The number of halogens is 1. The molecule has 0 radical (unpaired) electrons. The molecule has 2 heterocycles. The van der Waals surface area contributed by atoms with Gasteiger partial charge in [0, 0.05) is 6.54 Å². The fourth-order valence-corrected chi connectivity index (χ4v) is 3.66. The summed E-state index contributed by atoms with van der Waals surface area (Å²) < 4.78 is 23.2. The van der Waals surface area contributed by atoms with Crippen LogP contribution < -0.4 is 16.0 Å². The molecule has 7 nitrogen and oxygen atoms in total. The van der Waals surface area contributed by atoms with E-state index in [2.05, 4.69) is 18.8 Å². The molecule has 0 aliphatic carbocycles. The predicted octanol–water partition coefficient (Wildman–Crippen LogP) is 3.28. The van der Waals surface area contributed by atoms with Crippen LogP contribution in [-0.4, -0.2) is 25.3 Å². The third kappa shape index (κ3) is 4.49. The molecule has 0 bridgehead atoms. The lowest BCUT2D eigenvalue weighted by molar-refractivity contribution is 0.292. The maximum atomic E-state index is 13.3. The second-order valence-electron chi connectivity index (χ2n) is 8.08. The van der Waals surface area contributed by atoms with Crippen LogP contribution in [-0.2, 0) is 19.6 Å². The summed E-state index contributed by atoms with van der Waals surface area (Å²) in [5.41, 5.74) is 0.873. The van der Waals surface area contributed by atoms with Crippen molar-refractivity contribution in [3.63, 3.8) is 0 Å². The molecule has 0 spiro atoms. The Balaban J connectivity index is 1.74. The third-order valence-electron chi connectivity index (χ3n) is 5.13. The predicted molar refractivity (Wildman–Crippen MR) is 121 cm³/mol. The fraction of sp³-hybridized carbons (Fsp3) is 0.292. The first-order valence-corrected chi connectivity index (χ1v) is 10.5. The van der Waals surface area contributed by atoms with E-state index in [4.69, 9.17) is 4.74 Å². The summed E-state index contributed by atoms with van der Waals surface area (Å²) in [5.74, 6) is 0.410. The van der Waals surface area contributed by atoms with Crippen LogP contribution >= 0.6 is 0 Å². The quantitative estimate of drug-likeness (QED) is 0.425. The van der Waals surface area contributed by atoms with E-state index in [1.54, 1.807) is 10.9 Å². The second-order valence-corrected chi connectivity index (χ2v) is 8.08. The number of nitrogens with zero attached hydrogens (tertiary/aromatic N) is 4. The van der Waals surface area contributed by atoms with Gasteiger partial charge in [0.15, 0.2) is 11.2 Å². The molecule has 0 amide bonds. The van der Waals surface area contributed by atoms with E-state index >= 15 is 0 Å². The highest BCUT2D eigenvalue weighted by Crippen LogP contribution is 2.13. The first-order valence-electron chi connectivity index (χ1n) is 10.5. The summed E-state index contributed by atoms with van der Waals surface area (Å²) in [4.78, 5) is 31.0. The van der Waals surface area contributed by atoms with Crippen LogP contribution in [0.3, 0.4) is 0 Å². The highest BCUT2D eigenvalue weighted by molar-refractivity contribution is 5.70. The van der Waals surface area contributed by atoms with E-state index in [-0.39, 0.29) is 19.0 Å². The maximum Gasteiger partial charge on any atom is 0.333 e. The molecule has 0 atom stereocenters. The summed E-state index contributed by atoms with van der Waals surface area (Å²) >= 11 is 0. The summed E-state index contributed by atoms with van der Waals surface area (Å²) in [6.45, 7) is 5.18. The van der Waals surface area contributed by atoms with Gasteiger partial charge in [-0.2, -0.15) is 0 Å². The van der Waals surface area contributed by atoms with Crippen molar-refractivity contribution in [2.45, 2.75) is 33.5 Å². The lowest BCUT2D eigenvalue weighted by Gasteiger charge is -2.14. The molecule has 0 fully saturated rings. The molecule has 32 heavy (non-hydrogen) atoms. The Labute approximate surface area is 184 Å². The molecule has 166 valence electrons. The average Bonchev–Trinajstić information content (AvgIpc) is 3.18. The maximum absolute atomic E-state index is 13.3. The van der Waals surface area contributed by atoms with Gasteiger partial charge in [-0.25, -0.2) is 14.2 Å². The molecule has 4 aromatic rings. The largest absolute Gasteiger partial charge is 0.492 e. The van der Waals surface area contributed by atoms with Crippen molar-refractivity contribution in [1.82, 2.24) is 18.7 Å². The van der Waals surface area contributed by atoms with Crippen molar-refractivity contribution in [3.05, 3.63) is 93.1 Å². The van der Waals surface area contributed by atoms with Crippen molar-refractivity contribution in [1.29, 1.82) is 0 Å². The van der Waals surface area contributed by atoms with Crippen LogP contribution in [0, 0.1) is 11.7 Å². The number of hydrogen-bond donors (Lipinski definition) is 0. The summed E-state index contributed by atoms with van der Waals surface area (Å²) in [6.07, 6.45) is 1.62. The van der Waals surface area contributed by atoms with Crippen molar-refractivity contribution in [3.8, 4) is 5.75 Å². The van der Waals surface area contributed by atoms with Crippen LogP contribution in [0.25, 0.3) is 11.2 Å². The molecule has 2 aromatic heterocycles. The Bertz CT molecular complexity index is 1320. The highest BCUT2D eigenvalue weighted by Gasteiger charge is 2.19. The number of fused-ring (bicyclic) bond motifs is 1. The minimum Gasteiger partial charge on any atom is -0.492 e. The van der Waals surface area contributed by atoms with Gasteiger partial charge < -0.3 is 9.30 Å². The van der Waals surface area contributed by atoms with Gasteiger partial charge in [-0.1, -0.05) is 44.2 Å². The first kappa shape index (κ1) is 21.5. The van der Waals surface area contributed by atoms with Gasteiger partial charge >= 0.3 is 5.69 Å². The zero-order valence-electron chi connectivity index (χ0n) is 18.1. The molecule has 0 unspecified atom stereocenters. The second kappa shape index (κ2) is 9.21. The third-order valence-corrected chi connectivity index (χ3v) is 5.13. The number of hydrogen-bond acceptors (Lipinski definition) is 4. The number of aromatic nitrogens is 4. The Morgan fingerprint density at radius 1 is 1.00 bits per heavy atom. The van der Waals surface area contributed by atoms with Crippen molar-refractivity contribution in [2.75, 3.05) is 6.61 Å². The Morgan fingerprint density at radius 2 is 1.72 bits per heavy atom. The minimum absolute atomic E-state index is 0.0621. The average molecular weight is 436 g/mol. The highest BCUT2D eigenvalue weighted by atomic mass is 19.1. The van der Waals surface area contributed by atoms with Crippen LogP contribution in [0.2, 0.25) is 0 Å². The van der Waals surface area contributed by atoms with Crippen LogP contribution in [0.15, 0.2) is 70.5 Å². The molecule has 0 N–H and O–H groups in total. The molecular weight excluding hydrogens is 411 g/mol. The van der Waals surface area contributed by atoms with Gasteiger partial charge in [-0.3, -0.25) is 13.9 Å². The minimum atomic E-state index is -0.441. The summed E-state index contributed by atoms with van der Waals surface area (Å²) in [7, 11) is 0. The van der Waals surface area contributed by atoms with Crippen molar-refractivity contribution in [2.24, 2.45) is 5.92 Å². The molecule has 4 rings (SSSR count). The van der Waals surface area contributed by atoms with E-state index in [1.165, 1.54) is 33.4 Å². The summed E-state index contributed by atoms with van der Waals surface area (Å²) in [5, 5.41) is 0. The number of benzene rings is 2. The van der Waals surface area contributed by atoms with E-state index in [0.29, 0.717) is 35.9 Å². The van der Waals surface area contributed by atoms with E-state index < -0.39 is 11.2 Å². The Kier molecular flexibility index (Phi) is 6.20. The van der Waals surface area contributed by atoms with E-state index in [0.717, 1.165) is 5.56 Å². The summed E-state index contributed by atoms with van der Waals surface area (Å²) in [6, 6.07) is 15.2. The van der Waals surface area contributed by atoms with Gasteiger partial charge in [0.2, 0.25) is 0 Å². The fourth-order valence-electron chi connectivity index (χ4n) is 3.66. The standard InChI is InChI=1S/C24H25FN4O3/c1-17(2)14-27-16-26-22-21(27)23(30)28(12-13-32-20-10-8-19(25)9-11-20)24(31)29(22)15-18-6-4-3-5-7-18/h3-11,16-17H,12-15H2,1-2H3. The van der Waals surface area contributed by atoms with Crippen molar-refractivity contribution >= 4 is 11.2 Å². The van der Waals surface area contributed by atoms with Gasteiger partial charge in [0.1, 0.15) is 18.2 Å². The van der Waals surface area contributed by atoms with Crippen LogP contribution in [0.1, 0.15) is 19.4 Å². The van der Waals surface area contributed by atoms with Gasteiger partial charge in [-0.15, -0.1) is 0 Å². The van der Waals surface area contributed by atoms with Gasteiger partial charge in [0.25, 0.3) is 5.56 Å². The molecule has 0 saturated carbocycles. The number of imidazole rings is 1. The number of rotatable bonds is 8. The Hall–Kier alpha value is -3.68. The molecule has 0 aliphatic heterocycles. The molecule has 2 aromatic carbocycles. The zero-order chi connectivity index (χ0) is 22.7. The van der Waals surface area contributed by atoms with Crippen LogP contribution in [0.5, 0.6) is 5.75 Å². The van der Waals surface area contributed by atoms with Crippen molar-refractivity contribution < 1.29 is 9.13 Å². The Morgan fingerprint density at radius 3 is 2.41 bits per heavy atom.